The molecule has 0 unspecified atom stereocenters. The van der Waals surface area contributed by atoms with E-state index in [4.69, 9.17) is 14.7 Å². The Hall–Kier alpha value is -4.16. The van der Waals surface area contributed by atoms with Crippen LogP contribution in [0.2, 0.25) is 0 Å². The molecule has 1 aromatic heterocycles. The largest absolute Gasteiger partial charge is 0.444 e. The summed E-state index contributed by atoms with van der Waals surface area (Å²) in [5.41, 5.74) is 1.26. The first-order valence-electron chi connectivity index (χ1n) is 16.3. The topological polar surface area (TPSA) is 138 Å². The number of amides is 1. The van der Waals surface area contributed by atoms with Crippen molar-refractivity contribution in [3.63, 3.8) is 0 Å². The second kappa shape index (κ2) is 14.7. The van der Waals surface area contributed by atoms with Gasteiger partial charge in [0.05, 0.1) is 10.4 Å². The molecular formula is C35H47N7O4S. The number of para-hydroxylation sites is 1. The summed E-state index contributed by atoms with van der Waals surface area (Å²) in [6.45, 7) is 7.52. The number of anilines is 3. The van der Waals surface area contributed by atoms with Crippen LogP contribution in [0.25, 0.3) is 21.7 Å². The Morgan fingerprint density at radius 3 is 2.21 bits per heavy atom. The average molecular weight is 662 g/mol. The molecule has 0 spiro atoms. The third-order valence-electron chi connectivity index (χ3n) is 8.40. The number of benzene rings is 3. The molecule has 0 radical (unpaired) electrons. The Kier molecular flexibility index (Phi) is 10.7. The molecule has 0 aliphatic heterocycles. The van der Waals surface area contributed by atoms with E-state index < -0.39 is 21.7 Å². The maximum atomic E-state index is 13.4. The number of rotatable bonds is 12. The smallest absolute Gasteiger partial charge is 0.407 e. The van der Waals surface area contributed by atoms with Gasteiger partial charge in [-0.15, -0.1) is 0 Å². The molecule has 47 heavy (non-hydrogen) atoms. The Bertz CT molecular complexity index is 1800. The number of nitrogens with zero attached hydrogens (tertiary/aromatic N) is 3. The molecule has 252 valence electrons. The van der Waals surface area contributed by atoms with Crippen LogP contribution in [0, 0.1) is 11.8 Å². The number of hydrogen-bond acceptors (Lipinski definition) is 9. The first-order valence-corrected chi connectivity index (χ1v) is 17.8. The van der Waals surface area contributed by atoms with Crippen LogP contribution in [0.15, 0.2) is 65.6 Å². The summed E-state index contributed by atoms with van der Waals surface area (Å²) in [6.07, 6.45) is 3.44. The van der Waals surface area contributed by atoms with Crippen LogP contribution >= 0.6 is 0 Å². The molecule has 1 aliphatic rings. The lowest BCUT2D eigenvalue weighted by molar-refractivity contribution is 0.0530. The van der Waals surface area contributed by atoms with E-state index in [0.29, 0.717) is 42.2 Å². The van der Waals surface area contributed by atoms with E-state index in [1.54, 1.807) is 6.07 Å². The summed E-state index contributed by atoms with van der Waals surface area (Å²) < 4.78 is 35.0. The molecule has 3 aromatic carbocycles. The van der Waals surface area contributed by atoms with E-state index in [2.05, 4.69) is 20.7 Å². The first kappa shape index (κ1) is 34.2. The van der Waals surface area contributed by atoms with Crippen LogP contribution in [0.5, 0.6) is 0 Å². The fourth-order valence-corrected chi connectivity index (χ4v) is 7.36. The van der Waals surface area contributed by atoms with Crippen LogP contribution in [-0.4, -0.2) is 70.4 Å². The molecule has 12 heteroatoms. The minimum Gasteiger partial charge on any atom is -0.444 e. The van der Waals surface area contributed by atoms with E-state index in [9.17, 15) is 13.2 Å². The highest BCUT2D eigenvalue weighted by atomic mass is 32.2. The molecule has 11 nitrogen and oxygen atoms in total. The molecule has 5 rings (SSSR count). The van der Waals surface area contributed by atoms with Crippen molar-refractivity contribution in [2.45, 2.75) is 57.0 Å². The number of alkyl carbamates (subject to hydrolysis) is 1. The lowest BCUT2D eigenvalue weighted by atomic mass is 9.82. The van der Waals surface area contributed by atoms with Gasteiger partial charge in [0.25, 0.3) is 0 Å². The fourth-order valence-electron chi connectivity index (χ4n) is 6.02. The Balaban J connectivity index is 1.12. The minimum atomic E-state index is -3.66. The maximum absolute atomic E-state index is 13.4. The molecule has 1 fully saturated rings. The van der Waals surface area contributed by atoms with Crippen molar-refractivity contribution >= 4 is 55.2 Å². The highest BCUT2D eigenvalue weighted by Crippen LogP contribution is 2.32. The standard InChI is InChI=1S/C35H47N7O4S/c1-35(2,3)46-34(43)37-21-20-36-32-28-10-6-7-13-29(28)40-33(41-32)38-22-24-16-18-25(19-17-24)23-39-47(44,45)31-15-9-11-26-27(31)12-8-14-30(26)42(4)5/h6-15,24-25,39H,16-23H2,1-5H3,(H,37,43)(H2,36,38,40,41). The summed E-state index contributed by atoms with van der Waals surface area (Å²) in [4.78, 5) is 23.8. The number of nitrogens with one attached hydrogen (secondary N) is 4. The molecular weight excluding hydrogens is 614 g/mol. The molecule has 0 saturated heterocycles. The summed E-state index contributed by atoms with van der Waals surface area (Å²) in [5.74, 6) is 1.98. The van der Waals surface area contributed by atoms with Gasteiger partial charge in [0.15, 0.2) is 0 Å². The quantitative estimate of drug-likeness (QED) is 0.135. The lowest BCUT2D eigenvalue weighted by Crippen LogP contribution is -2.35. The van der Waals surface area contributed by atoms with Crippen LogP contribution in [0.4, 0.5) is 22.2 Å². The first-order chi connectivity index (χ1) is 22.4. The van der Waals surface area contributed by atoms with Gasteiger partial charge in [0, 0.05) is 62.1 Å². The van der Waals surface area contributed by atoms with Gasteiger partial charge in [-0.05, 0) is 82.6 Å². The molecule has 1 heterocycles. The fraction of sp³-hybridized carbons (Fsp3) is 0.457. The molecule has 4 aromatic rings. The van der Waals surface area contributed by atoms with Crippen molar-refractivity contribution in [3.8, 4) is 0 Å². The second-order valence-corrected chi connectivity index (χ2v) is 15.1. The molecule has 1 amide bonds. The Morgan fingerprint density at radius 1 is 0.830 bits per heavy atom. The van der Waals surface area contributed by atoms with Gasteiger partial charge in [-0.2, -0.15) is 4.98 Å². The van der Waals surface area contributed by atoms with E-state index in [1.165, 1.54) is 0 Å². The molecule has 4 N–H and O–H groups in total. The predicted octanol–water partition coefficient (Wildman–Crippen LogP) is 5.98. The van der Waals surface area contributed by atoms with Gasteiger partial charge in [-0.1, -0.05) is 36.4 Å². The predicted molar refractivity (Wildman–Crippen MR) is 190 cm³/mol. The van der Waals surface area contributed by atoms with Crippen molar-refractivity contribution < 1.29 is 17.9 Å². The molecule has 0 bridgehead atoms. The third-order valence-corrected chi connectivity index (χ3v) is 9.88. The van der Waals surface area contributed by atoms with Crippen LogP contribution < -0.4 is 25.6 Å². The number of hydrogen-bond donors (Lipinski definition) is 4. The van der Waals surface area contributed by atoms with Gasteiger partial charge in [-0.3, -0.25) is 0 Å². The van der Waals surface area contributed by atoms with Gasteiger partial charge in [0.2, 0.25) is 16.0 Å². The number of carbonyl (C=O) groups excluding carboxylic acids is 1. The zero-order chi connectivity index (χ0) is 33.6. The normalized spacial score (nSPS) is 17.0. The van der Waals surface area contributed by atoms with Crippen molar-refractivity contribution in [2.24, 2.45) is 11.8 Å². The minimum absolute atomic E-state index is 0.287. The molecule has 1 aliphatic carbocycles. The van der Waals surface area contributed by atoms with Crippen molar-refractivity contribution in [1.82, 2.24) is 20.0 Å². The zero-order valence-electron chi connectivity index (χ0n) is 28.0. The average Bonchev–Trinajstić information content (AvgIpc) is 3.03. The highest BCUT2D eigenvalue weighted by molar-refractivity contribution is 7.89. The third kappa shape index (κ3) is 9.01. The van der Waals surface area contributed by atoms with Crippen molar-refractivity contribution in [2.75, 3.05) is 55.8 Å². The Labute approximate surface area is 277 Å². The summed E-state index contributed by atoms with van der Waals surface area (Å²) in [7, 11) is 0.256. The second-order valence-electron chi connectivity index (χ2n) is 13.4. The highest BCUT2D eigenvalue weighted by Gasteiger charge is 2.25. The van der Waals surface area contributed by atoms with E-state index in [0.717, 1.165) is 59.6 Å². The van der Waals surface area contributed by atoms with Crippen molar-refractivity contribution in [1.29, 1.82) is 0 Å². The summed E-state index contributed by atoms with van der Waals surface area (Å²) >= 11 is 0. The van der Waals surface area contributed by atoms with Gasteiger partial charge in [0.1, 0.15) is 11.4 Å². The van der Waals surface area contributed by atoms with Gasteiger partial charge >= 0.3 is 6.09 Å². The Morgan fingerprint density at radius 2 is 1.49 bits per heavy atom. The molecule has 0 atom stereocenters. The molecule has 1 saturated carbocycles. The van der Waals surface area contributed by atoms with Gasteiger partial charge in [-0.25, -0.2) is 22.9 Å². The number of aromatic nitrogens is 2. The number of fused-ring (bicyclic) bond motifs is 2. The summed E-state index contributed by atoms with van der Waals surface area (Å²) in [6, 6.07) is 19.1. The number of sulfonamides is 1. The number of ether oxygens (including phenoxy) is 1. The SMILES string of the molecule is CN(C)c1cccc2c(S(=O)(=O)NCC3CCC(CNc4nc(NCCNC(=O)OC(C)(C)C)c5ccccc5n4)CC3)cccc12. The zero-order valence-corrected chi connectivity index (χ0v) is 28.8. The monoisotopic (exact) mass is 661 g/mol. The lowest BCUT2D eigenvalue weighted by Gasteiger charge is -2.29. The van der Waals surface area contributed by atoms with Crippen LogP contribution in [-0.2, 0) is 14.8 Å². The van der Waals surface area contributed by atoms with Gasteiger partial charge < -0.3 is 25.6 Å². The van der Waals surface area contributed by atoms with E-state index in [-0.39, 0.29) is 5.92 Å². The van der Waals surface area contributed by atoms with E-state index >= 15 is 0 Å². The maximum Gasteiger partial charge on any atom is 0.407 e. The summed E-state index contributed by atoms with van der Waals surface area (Å²) in [5, 5.41) is 12.1. The van der Waals surface area contributed by atoms with E-state index in [1.807, 2.05) is 94.4 Å². The van der Waals surface area contributed by atoms with Crippen molar-refractivity contribution in [3.05, 3.63) is 60.7 Å². The van der Waals surface area contributed by atoms with Crippen LogP contribution in [0.1, 0.15) is 46.5 Å². The number of carbonyl (C=O) groups is 1. The van der Waals surface area contributed by atoms with Crippen LogP contribution in [0.3, 0.4) is 0 Å².